The Kier molecular flexibility index (Phi) is 3.50. The molecule has 0 spiro atoms. The van der Waals surface area contributed by atoms with E-state index in [1.807, 2.05) is 72.3 Å². The Morgan fingerprint density at radius 1 is 0.800 bits per heavy atom. The average molecular weight is 329 g/mol. The van der Waals surface area contributed by atoms with E-state index in [1.165, 1.54) is 0 Å². The van der Waals surface area contributed by atoms with Crippen molar-refractivity contribution < 1.29 is 0 Å². The molecule has 0 unspecified atom stereocenters. The van der Waals surface area contributed by atoms with E-state index < -0.39 is 5.56 Å². The second kappa shape index (κ2) is 5.83. The second-order valence-electron chi connectivity index (χ2n) is 5.66. The van der Waals surface area contributed by atoms with Crippen molar-refractivity contribution in [2.75, 3.05) is 5.73 Å². The molecule has 6 nitrogen and oxygen atoms in total. The first-order chi connectivity index (χ1) is 12.1. The minimum absolute atomic E-state index is 0.0543. The highest BCUT2D eigenvalue weighted by Gasteiger charge is 2.22. The summed E-state index contributed by atoms with van der Waals surface area (Å²) in [7, 11) is 1.85. The highest BCUT2D eigenvalue weighted by atomic mass is 16.1. The van der Waals surface area contributed by atoms with Crippen LogP contribution >= 0.6 is 0 Å². The largest absolute Gasteiger partial charge is 0.368 e. The Labute approximate surface area is 144 Å². The Morgan fingerprint density at radius 3 is 2.04 bits per heavy atom. The van der Waals surface area contributed by atoms with Crippen molar-refractivity contribution in [1.82, 2.24) is 19.5 Å². The van der Waals surface area contributed by atoms with Gasteiger partial charge in [0.1, 0.15) is 0 Å². The molecule has 0 atom stereocenters. The topological polar surface area (TPSA) is 86.7 Å². The van der Waals surface area contributed by atoms with Crippen molar-refractivity contribution in [3.8, 4) is 34.0 Å². The number of nitrogens with zero attached hydrogens (tertiary/aromatic N) is 4. The van der Waals surface area contributed by atoms with Gasteiger partial charge >= 0.3 is 5.56 Å². The Balaban J connectivity index is 2.16. The summed E-state index contributed by atoms with van der Waals surface area (Å²) in [5, 5.41) is 0. The maximum Gasteiger partial charge on any atom is 0.302 e. The number of hydrogen-bond donors (Lipinski definition) is 1. The quantitative estimate of drug-likeness (QED) is 0.611. The van der Waals surface area contributed by atoms with E-state index in [4.69, 9.17) is 5.73 Å². The molecule has 0 saturated heterocycles. The molecule has 6 heteroatoms. The zero-order valence-corrected chi connectivity index (χ0v) is 13.5. The van der Waals surface area contributed by atoms with Crippen LogP contribution in [-0.4, -0.2) is 19.5 Å². The first-order valence-electron chi connectivity index (χ1n) is 7.80. The third kappa shape index (κ3) is 2.53. The molecule has 2 aliphatic rings. The first kappa shape index (κ1) is 15.0. The van der Waals surface area contributed by atoms with Gasteiger partial charge in [-0.05, 0) is 0 Å². The molecule has 0 radical (unpaired) electrons. The van der Waals surface area contributed by atoms with Crippen LogP contribution in [0.25, 0.3) is 34.0 Å². The average Bonchev–Trinajstić information content (AvgIpc) is 2.64. The standard InChI is InChI=1S/C19H15N5O/c1-24-16(13-10-6-3-7-11-13)14(12-8-4-2-5-9-12)21-15-17(24)22-19(20)23-18(15)25/h2-11H,1H3,(H2,20,23,25). The molecule has 0 fully saturated rings. The van der Waals surface area contributed by atoms with Gasteiger partial charge in [-0.2, -0.15) is 9.97 Å². The van der Waals surface area contributed by atoms with E-state index in [-0.39, 0.29) is 11.6 Å². The van der Waals surface area contributed by atoms with Gasteiger partial charge in [-0.3, -0.25) is 4.79 Å². The molecule has 25 heavy (non-hydrogen) atoms. The van der Waals surface area contributed by atoms with Crippen LogP contribution in [0.1, 0.15) is 0 Å². The molecule has 0 bridgehead atoms. The third-order valence-electron chi connectivity index (χ3n) is 4.05. The molecule has 2 aromatic rings. The van der Waals surface area contributed by atoms with Crippen molar-refractivity contribution in [3.63, 3.8) is 0 Å². The lowest BCUT2D eigenvalue weighted by atomic mass is 10.0. The Morgan fingerprint density at radius 2 is 1.40 bits per heavy atom. The predicted octanol–water partition coefficient (Wildman–Crippen LogP) is 2.59. The van der Waals surface area contributed by atoms with Crippen LogP contribution < -0.4 is 11.3 Å². The maximum atomic E-state index is 12.3. The molecule has 0 saturated carbocycles. The molecule has 2 aliphatic heterocycles. The van der Waals surface area contributed by atoms with Crippen LogP contribution in [0.5, 0.6) is 0 Å². The predicted molar refractivity (Wildman–Crippen MR) is 97.0 cm³/mol. The SMILES string of the molecule is Cn1c2nc(N)nc(=O)c-2nc(-c2ccccc2)c1-c1ccccc1. The number of hydrogen-bond acceptors (Lipinski definition) is 5. The molecule has 0 aromatic heterocycles. The van der Waals surface area contributed by atoms with Crippen molar-refractivity contribution in [1.29, 1.82) is 0 Å². The van der Waals surface area contributed by atoms with Crippen molar-refractivity contribution in [3.05, 3.63) is 71.0 Å². The summed E-state index contributed by atoms with van der Waals surface area (Å²) in [6.45, 7) is 0. The summed E-state index contributed by atoms with van der Waals surface area (Å²) in [4.78, 5) is 24.8. The molecular formula is C19H15N5O. The van der Waals surface area contributed by atoms with Crippen LogP contribution in [0.15, 0.2) is 65.5 Å². The van der Waals surface area contributed by atoms with Crippen molar-refractivity contribution in [2.45, 2.75) is 0 Å². The molecule has 2 N–H and O–H groups in total. The monoisotopic (exact) mass is 329 g/mol. The van der Waals surface area contributed by atoms with Gasteiger partial charge in [0.05, 0.1) is 11.4 Å². The van der Waals surface area contributed by atoms with E-state index in [0.717, 1.165) is 16.8 Å². The molecule has 2 heterocycles. The lowest BCUT2D eigenvalue weighted by molar-refractivity contribution is 0.861. The molecule has 0 aliphatic carbocycles. The number of nitrogens with two attached hydrogens (primary N) is 1. The summed E-state index contributed by atoms with van der Waals surface area (Å²) in [5.74, 6) is 0.359. The minimum Gasteiger partial charge on any atom is -0.368 e. The van der Waals surface area contributed by atoms with E-state index in [1.54, 1.807) is 0 Å². The number of rotatable bonds is 2. The van der Waals surface area contributed by atoms with Gasteiger partial charge in [-0.15, -0.1) is 0 Å². The number of benzene rings is 2. The summed E-state index contributed by atoms with van der Waals surface area (Å²) in [5.41, 5.74) is 8.84. The zero-order chi connectivity index (χ0) is 17.4. The van der Waals surface area contributed by atoms with Gasteiger partial charge in [-0.1, -0.05) is 60.7 Å². The van der Waals surface area contributed by atoms with E-state index in [2.05, 4.69) is 15.0 Å². The first-order valence-corrected chi connectivity index (χ1v) is 7.80. The molecule has 0 amide bonds. The Hall–Kier alpha value is -3.54. The molecule has 122 valence electrons. The van der Waals surface area contributed by atoms with Crippen molar-refractivity contribution >= 4 is 5.95 Å². The lowest BCUT2D eigenvalue weighted by Crippen LogP contribution is -2.21. The summed E-state index contributed by atoms with van der Waals surface area (Å²) < 4.78 is 1.85. The number of nitrogen functional groups attached to an aromatic ring is 1. The highest BCUT2D eigenvalue weighted by molar-refractivity contribution is 5.81. The number of fused-ring (bicyclic) bond motifs is 1. The smallest absolute Gasteiger partial charge is 0.302 e. The van der Waals surface area contributed by atoms with Gasteiger partial charge in [0.25, 0.3) is 0 Å². The summed E-state index contributed by atoms with van der Waals surface area (Å²) in [6, 6.07) is 19.6. The minimum atomic E-state index is -0.477. The van der Waals surface area contributed by atoms with Crippen molar-refractivity contribution in [2.24, 2.45) is 7.05 Å². The molecule has 4 rings (SSSR count). The van der Waals surface area contributed by atoms with Gasteiger partial charge in [-0.25, -0.2) is 4.98 Å². The normalized spacial score (nSPS) is 10.9. The third-order valence-corrected chi connectivity index (χ3v) is 4.05. The maximum absolute atomic E-state index is 12.3. The van der Waals surface area contributed by atoms with Gasteiger partial charge < -0.3 is 10.3 Å². The van der Waals surface area contributed by atoms with Gasteiger partial charge in [0, 0.05) is 18.2 Å². The fourth-order valence-electron chi connectivity index (χ4n) is 2.92. The number of anilines is 1. The fourth-order valence-corrected chi connectivity index (χ4v) is 2.92. The summed E-state index contributed by atoms with van der Waals surface area (Å²) in [6.07, 6.45) is 0. The van der Waals surface area contributed by atoms with E-state index >= 15 is 0 Å². The fraction of sp³-hybridized carbons (Fsp3) is 0.0526. The van der Waals surface area contributed by atoms with Gasteiger partial charge in [0.2, 0.25) is 5.95 Å². The molecule has 2 aromatic carbocycles. The lowest BCUT2D eigenvalue weighted by Gasteiger charge is -2.19. The van der Waals surface area contributed by atoms with Gasteiger partial charge in [0.15, 0.2) is 11.5 Å². The van der Waals surface area contributed by atoms with Crippen LogP contribution in [0, 0.1) is 0 Å². The van der Waals surface area contributed by atoms with Crippen LogP contribution in [0.4, 0.5) is 5.95 Å². The van der Waals surface area contributed by atoms with Crippen LogP contribution in [0.2, 0.25) is 0 Å². The summed E-state index contributed by atoms with van der Waals surface area (Å²) >= 11 is 0. The zero-order valence-electron chi connectivity index (χ0n) is 13.5. The van der Waals surface area contributed by atoms with Crippen LogP contribution in [0.3, 0.4) is 0 Å². The Bertz CT molecular complexity index is 1070. The number of aromatic nitrogens is 4. The van der Waals surface area contributed by atoms with E-state index in [0.29, 0.717) is 11.5 Å². The molecular weight excluding hydrogens is 314 g/mol. The second-order valence-corrected chi connectivity index (χ2v) is 5.66. The highest BCUT2D eigenvalue weighted by Crippen LogP contribution is 2.33. The van der Waals surface area contributed by atoms with E-state index in [9.17, 15) is 4.79 Å². The van der Waals surface area contributed by atoms with Crippen LogP contribution in [-0.2, 0) is 7.05 Å².